The maximum absolute atomic E-state index is 12.1. The molecule has 0 aliphatic heterocycles. The summed E-state index contributed by atoms with van der Waals surface area (Å²) in [6, 6.07) is 3.46. The van der Waals surface area contributed by atoms with Crippen LogP contribution in [0, 0.1) is 0 Å². The van der Waals surface area contributed by atoms with Gasteiger partial charge in [0.25, 0.3) is 0 Å². The Bertz CT molecular complexity index is 379. The molecule has 2 N–H and O–H groups in total. The predicted octanol–water partition coefficient (Wildman–Crippen LogP) is 3.00. The van der Waals surface area contributed by atoms with Crippen LogP contribution in [0.5, 0.6) is 11.5 Å². The van der Waals surface area contributed by atoms with Crippen LogP contribution in [-0.2, 0) is 0 Å². The lowest BCUT2D eigenvalue weighted by Crippen LogP contribution is -2.18. The van der Waals surface area contributed by atoms with Crippen molar-refractivity contribution in [2.45, 2.75) is 25.7 Å². The summed E-state index contributed by atoms with van der Waals surface area (Å²) in [7, 11) is 1.44. The Labute approximate surface area is 97.3 Å². The van der Waals surface area contributed by atoms with Gasteiger partial charge in [-0.3, -0.25) is 0 Å². The highest BCUT2D eigenvalue weighted by Crippen LogP contribution is 2.32. The minimum Gasteiger partial charge on any atom is -0.496 e. The summed E-state index contributed by atoms with van der Waals surface area (Å²) in [6.07, 6.45) is -4.12. The standard InChI is InChI=1S/C11H14F3NO2/c1-3-9(15)8-6-7(17-11(12,13)14)4-5-10(8)16-2/h4-6,9H,3,15H2,1-2H3/t9-/m1/s1. The van der Waals surface area contributed by atoms with Crippen molar-refractivity contribution < 1.29 is 22.6 Å². The number of nitrogens with two attached hydrogens (primary N) is 1. The quantitative estimate of drug-likeness (QED) is 0.892. The zero-order chi connectivity index (χ0) is 13.1. The van der Waals surface area contributed by atoms with Crippen LogP contribution in [0.15, 0.2) is 18.2 Å². The Morgan fingerprint density at radius 2 is 2.00 bits per heavy atom. The highest BCUT2D eigenvalue weighted by atomic mass is 19.4. The van der Waals surface area contributed by atoms with E-state index in [1.807, 2.05) is 6.92 Å². The maximum Gasteiger partial charge on any atom is 0.573 e. The first-order valence-corrected chi connectivity index (χ1v) is 5.06. The van der Waals surface area contributed by atoms with Crippen molar-refractivity contribution >= 4 is 0 Å². The van der Waals surface area contributed by atoms with E-state index in [4.69, 9.17) is 10.5 Å². The van der Waals surface area contributed by atoms with E-state index in [1.54, 1.807) is 0 Å². The van der Waals surface area contributed by atoms with Crippen molar-refractivity contribution in [3.8, 4) is 11.5 Å². The monoisotopic (exact) mass is 249 g/mol. The van der Waals surface area contributed by atoms with Crippen LogP contribution in [0.4, 0.5) is 13.2 Å². The fraction of sp³-hybridized carbons (Fsp3) is 0.455. The van der Waals surface area contributed by atoms with Crippen LogP contribution < -0.4 is 15.2 Å². The smallest absolute Gasteiger partial charge is 0.496 e. The minimum atomic E-state index is -4.71. The van der Waals surface area contributed by atoms with E-state index in [0.29, 0.717) is 17.7 Å². The Hall–Kier alpha value is -1.43. The number of hydrogen-bond donors (Lipinski definition) is 1. The number of alkyl halides is 3. The lowest BCUT2D eigenvalue weighted by Gasteiger charge is -2.16. The van der Waals surface area contributed by atoms with Gasteiger partial charge < -0.3 is 15.2 Å². The molecule has 6 heteroatoms. The first-order chi connectivity index (χ1) is 7.87. The van der Waals surface area contributed by atoms with Gasteiger partial charge in [0.15, 0.2) is 0 Å². The maximum atomic E-state index is 12.1. The molecular formula is C11H14F3NO2. The number of rotatable bonds is 4. The highest BCUT2D eigenvalue weighted by Gasteiger charge is 2.31. The van der Waals surface area contributed by atoms with Crippen molar-refractivity contribution in [2.24, 2.45) is 5.73 Å². The lowest BCUT2D eigenvalue weighted by molar-refractivity contribution is -0.274. The van der Waals surface area contributed by atoms with Gasteiger partial charge in [-0.25, -0.2) is 0 Å². The molecule has 0 fully saturated rings. The molecule has 0 aromatic heterocycles. The Morgan fingerprint density at radius 3 is 2.47 bits per heavy atom. The molecule has 0 unspecified atom stereocenters. The molecule has 0 aliphatic carbocycles. The molecule has 1 aromatic carbocycles. The largest absolute Gasteiger partial charge is 0.573 e. The predicted molar refractivity (Wildman–Crippen MR) is 56.9 cm³/mol. The SMILES string of the molecule is CC[C@@H](N)c1cc(OC(F)(F)F)ccc1OC. The fourth-order valence-corrected chi connectivity index (χ4v) is 1.42. The second kappa shape index (κ2) is 5.27. The van der Waals surface area contributed by atoms with E-state index < -0.39 is 6.36 Å². The molecule has 0 saturated carbocycles. The molecule has 96 valence electrons. The topological polar surface area (TPSA) is 44.5 Å². The van der Waals surface area contributed by atoms with Gasteiger partial charge in [-0.05, 0) is 24.6 Å². The summed E-state index contributed by atoms with van der Waals surface area (Å²) in [5.41, 5.74) is 6.28. The first-order valence-electron chi connectivity index (χ1n) is 5.06. The van der Waals surface area contributed by atoms with Crippen molar-refractivity contribution in [2.75, 3.05) is 7.11 Å². The number of benzene rings is 1. The summed E-state index contributed by atoms with van der Waals surface area (Å²) < 4.78 is 45.0. The molecule has 1 atom stereocenters. The van der Waals surface area contributed by atoms with Crippen LogP contribution >= 0.6 is 0 Å². The highest BCUT2D eigenvalue weighted by molar-refractivity contribution is 5.42. The zero-order valence-electron chi connectivity index (χ0n) is 9.54. The van der Waals surface area contributed by atoms with Gasteiger partial charge in [0.1, 0.15) is 11.5 Å². The third-order valence-corrected chi connectivity index (χ3v) is 2.27. The minimum absolute atomic E-state index is 0.294. The molecule has 0 heterocycles. The van der Waals surface area contributed by atoms with Crippen molar-refractivity contribution in [1.82, 2.24) is 0 Å². The molecule has 3 nitrogen and oxygen atoms in total. The molecular weight excluding hydrogens is 235 g/mol. The van der Waals surface area contributed by atoms with Crippen molar-refractivity contribution in [3.63, 3.8) is 0 Å². The zero-order valence-corrected chi connectivity index (χ0v) is 9.54. The molecule has 0 aliphatic rings. The van der Waals surface area contributed by atoms with E-state index >= 15 is 0 Å². The van der Waals surface area contributed by atoms with E-state index in [1.165, 1.54) is 25.3 Å². The van der Waals surface area contributed by atoms with Crippen LogP contribution in [0.25, 0.3) is 0 Å². The van der Waals surface area contributed by atoms with Gasteiger partial charge in [0.2, 0.25) is 0 Å². The van der Waals surface area contributed by atoms with Gasteiger partial charge in [-0.1, -0.05) is 6.92 Å². The Balaban J connectivity index is 3.04. The molecule has 0 bridgehead atoms. The summed E-state index contributed by atoms with van der Waals surface area (Å²) in [5, 5.41) is 0. The average Bonchev–Trinajstić information content (AvgIpc) is 2.25. The average molecular weight is 249 g/mol. The molecule has 1 rings (SSSR count). The number of methoxy groups -OCH3 is 1. The fourth-order valence-electron chi connectivity index (χ4n) is 1.42. The van der Waals surface area contributed by atoms with Gasteiger partial charge in [-0.2, -0.15) is 0 Å². The van der Waals surface area contributed by atoms with Crippen LogP contribution in [0.1, 0.15) is 24.9 Å². The van der Waals surface area contributed by atoms with Gasteiger partial charge in [0.05, 0.1) is 7.11 Å². The van der Waals surface area contributed by atoms with E-state index in [2.05, 4.69) is 4.74 Å². The van der Waals surface area contributed by atoms with Crippen molar-refractivity contribution in [3.05, 3.63) is 23.8 Å². The molecule has 0 saturated heterocycles. The van der Waals surface area contributed by atoms with Crippen LogP contribution in [0.2, 0.25) is 0 Å². The van der Waals surface area contributed by atoms with Gasteiger partial charge >= 0.3 is 6.36 Å². The molecule has 1 aromatic rings. The number of halogens is 3. The Morgan fingerprint density at radius 1 is 1.35 bits per heavy atom. The van der Waals surface area contributed by atoms with Gasteiger partial charge in [0, 0.05) is 11.6 Å². The molecule has 17 heavy (non-hydrogen) atoms. The third kappa shape index (κ3) is 3.81. The summed E-state index contributed by atoms with van der Waals surface area (Å²) in [5.74, 6) is 0.158. The molecule has 0 spiro atoms. The van der Waals surface area contributed by atoms with Crippen molar-refractivity contribution in [1.29, 1.82) is 0 Å². The summed E-state index contributed by atoms with van der Waals surface area (Å²) in [4.78, 5) is 0. The van der Waals surface area contributed by atoms with E-state index in [9.17, 15) is 13.2 Å². The Kier molecular flexibility index (Phi) is 4.22. The molecule has 0 amide bonds. The van der Waals surface area contributed by atoms with Gasteiger partial charge in [-0.15, -0.1) is 13.2 Å². The second-order valence-electron chi connectivity index (χ2n) is 3.47. The van der Waals surface area contributed by atoms with E-state index in [-0.39, 0.29) is 11.8 Å². The van der Waals surface area contributed by atoms with Crippen LogP contribution in [0.3, 0.4) is 0 Å². The number of ether oxygens (including phenoxy) is 2. The lowest BCUT2D eigenvalue weighted by atomic mass is 10.0. The summed E-state index contributed by atoms with van der Waals surface area (Å²) in [6.45, 7) is 1.83. The first kappa shape index (κ1) is 13.6. The third-order valence-electron chi connectivity index (χ3n) is 2.27. The summed E-state index contributed by atoms with van der Waals surface area (Å²) >= 11 is 0. The second-order valence-corrected chi connectivity index (χ2v) is 3.47. The number of hydrogen-bond acceptors (Lipinski definition) is 3. The van der Waals surface area contributed by atoms with Crippen LogP contribution in [-0.4, -0.2) is 13.5 Å². The van der Waals surface area contributed by atoms with E-state index in [0.717, 1.165) is 0 Å². The normalized spacial score (nSPS) is 13.3. The molecule has 0 radical (unpaired) electrons.